The van der Waals surface area contributed by atoms with Gasteiger partial charge in [-0.1, -0.05) is 41.0 Å². The van der Waals surface area contributed by atoms with Gasteiger partial charge >= 0.3 is 0 Å². The zero-order valence-electron chi connectivity index (χ0n) is 15.0. The van der Waals surface area contributed by atoms with E-state index < -0.39 is 5.60 Å². The van der Waals surface area contributed by atoms with E-state index in [1.807, 2.05) is 19.9 Å². The summed E-state index contributed by atoms with van der Waals surface area (Å²) in [5.74, 6) is 0. The first kappa shape index (κ1) is 20.9. The van der Waals surface area contributed by atoms with Gasteiger partial charge < -0.3 is 10.2 Å². The lowest BCUT2D eigenvalue weighted by atomic mass is 9.99. The maximum Gasteiger partial charge on any atom is 0.0800 e. The van der Waals surface area contributed by atoms with Crippen molar-refractivity contribution in [3.63, 3.8) is 0 Å². The number of hydrogen-bond acceptors (Lipinski definition) is 2. The Bertz CT molecular complexity index is 421. The minimum absolute atomic E-state index is 0.376. The van der Waals surface area contributed by atoms with Gasteiger partial charge in [0.2, 0.25) is 0 Å². The van der Waals surface area contributed by atoms with Gasteiger partial charge in [-0.25, -0.2) is 0 Å². The van der Waals surface area contributed by atoms with Crippen LogP contribution in [0.5, 0.6) is 0 Å². The molecule has 2 unspecified atom stereocenters. The van der Waals surface area contributed by atoms with Gasteiger partial charge in [0.1, 0.15) is 0 Å². The molecule has 126 valence electrons. The summed E-state index contributed by atoms with van der Waals surface area (Å²) in [5, 5.41) is 19.7. The number of hydrogen-bond donors (Lipinski definition) is 2. The quantitative estimate of drug-likeness (QED) is 0.552. The molecule has 0 aliphatic heterocycles. The van der Waals surface area contributed by atoms with E-state index in [1.165, 1.54) is 11.1 Å². The van der Waals surface area contributed by atoms with Gasteiger partial charge in [-0.3, -0.25) is 0 Å². The van der Waals surface area contributed by atoms with Crippen LogP contribution in [0.25, 0.3) is 0 Å². The second-order valence-corrected chi connectivity index (χ2v) is 6.76. The van der Waals surface area contributed by atoms with Crippen LogP contribution in [0.3, 0.4) is 0 Å². The van der Waals surface area contributed by atoms with Crippen LogP contribution in [0.15, 0.2) is 47.6 Å². The minimum Gasteiger partial charge on any atom is -0.389 e. The first-order valence-electron chi connectivity index (χ1n) is 8.16. The molecule has 0 amide bonds. The molecule has 0 fully saturated rings. The van der Waals surface area contributed by atoms with E-state index >= 15 is 0 Å². The first-order valence-corrected chi connectivity index (χ1v) is 8.16. The van der Waals surface area contributed by atoms with E-state index in [1.54, 1.807) is 13.0 Å². The van der Waals surface area contributed by atoms with Gasteiger partial charge in [-0.2, -0.15) is 0 Å². The zero-order valence-corrected chi connectivity index (χ0v) is 15.0. The van der Waals surface area contributed by atoms with Crippen LogP contribution in [0.4, 0.5) is 0 Å². The molecule has 0 saturated heterocycles. The van der Waals surface area contributed by atoms with Crippen molar-refractivity contribution in [2.45, 2.75) is 78.4 Å². The van der Waals surface area contributed by atoms with Crippen LogP contribution in [-0.2, 0) is 0 Å². The molecule has 0 aliphatic carbocycles. The Kier molecular flexibility index (Phi) is 10.0. The standard InChI is InChI=1S/C20H34O2/c1-7-20(6,22)13-9-12-17(4)10-8-11-18(5)15-19(21)14-16(2)3/h7,11-12,14,19,21-22H,1,8-10,13,15H2,2-6H3. The third-order valence-corrected chi connectivity index (χ3v) is 3.67. The largest absolute Gasteiger partial charge is 0.389 e. The lowest BCUT2D eigenvalue weighted by Gasteiger charge is -2.16. The maximum absolute atomic E-state index is 9.85. The van der Waals surface area contributed by atoms with Crippen molar-refractivity contribution in [2.24, 2.45) is 0 Å². The van der Waals surface area contributed by atoms with Crippen LogP contribution in [0.2, 0.25) is 0 Å². The number of aliphatic hydroxyl groups excluding tert-OH is 1. The zero-order chi connectivity index (χ0) is 17.2. The molecule has 2 N–H and O–H groups in total. The summed E-state index contributed by atoms with van der Waals surface area (Å²) in [7, 11) is 0. The summed E-state index contributed by atoms with van der Waals surface area (Å²) >= 11 is 0. The van der Waals surface area contributed by atoms with E-state index in [4.69, 9.17) is 0 Å². The highest BCUT2D eigenvalue weighted by molar-refractivity contribution is 5.08. The van der Waals surface area contributed by atoms with Crippen molar-refractivity contribution in [2.75, 3.05) is 0 Å². The second-order valence-electron chi connectivity index (χ2n) is 6.76. The monoisotopic (exact) mass is 306 g/mol. The van der Waals surface area contributed by atoms with E-state index in [0.29, 0.717) is 12.8 Å². The first-order chi connectivity index (χ1) is 10.2. The van der Waals surface area contributed by atoms with Crippen molar-refractivity contribution < 1.29 is 10.2 Å². The minimum atomic E-state index is -0.770. The Morgan fingerprint density at radius 3 is 2.23 bits per heavy atom. The van der Waals surface area contributed by atoms with Crippen LogP contribution >= 0.6 is 0 Å². The average Bonchev–Trinajstić information content (AvgIpc) is 2.37. The average molecular weight is 306 g/mol. The maximum atomic E-state index is 9.85. The summed E-state index contributed by atoms with van der Waals surface area (Å²) in [5.41, 5.74) is 2.95. The molecule has 0 heterocycles. The van der Waals surface area contributed by atoms with Crippen molar-refractivity contribution in [1.29, 1.82) is 0 Å². The van der Waals surface area contributed by atoms with Gasteiger partial charge in [-0.05, 0) is 66.7 Å². The van der Waals surface area contributed by atoms with Crippen LogP contribution in [0.1, 0.15) is 66.7 Å². The second kappa shape index (κ2) is 10.6. The van der Waals surface area contributed by atoms with E-state index in [-0.39, 0.29) is 6.10 Å². The van der Waals surface area contributed by atoms with Crippen molar-refractivity contribution >= 4 is 0 Å². The molecule has 0 rings (SSSR count). The molecular weight excluding hydrogens is 272 g/mol. The number of allylic oxidation sites excluding steroid dienone is 4. The molecule has 0 aromatic rings. The molecule has 0 aromatic carbocycles. The Labute approximate surface area is 137 Å². The Morgan fingerprint density at radius 1 is 1.09 bits per heavy atom. The van der Waals surface area contributed by atoms with Gasteiger partial charge in [0.15, 0.2) is 0 Å². The predicted octanol–water partition coefficient (Wildman–Crippen LogP) is 5.09. The van der Waals surface area contributed by atoms with Crippen molar-refractivity contribution in [3.05, 3.63) is 47.6 Å². The summed E-state index contributed by atoms with van der Waals surface area (Å²) in [6, 6.07) is 0. The lowest BCUT2D eigenvalue weighted by Crippen LogP contribution is -2.19. The smallest absolute Gasteiger partial charge is 0.0800 e. The van der Waals surface area contributed by atoms with Gasteiger partial charge in [-0.15, -0.1) is 6.58 Å². The molecule has 2 heteroatoms. The lowest BCUT2D eigenvalue weighted by molar-refractivity contribution is 0.103. The predicted molar refractivity (Wildman–Crippen MR) is 96.9 cm³/mol. The fourth-order valence-corrected chi connectivity index (χ4v) is 2.22. The highest BCUT2D eigenvalue weighted by atomic mass is 16.3. The van der Waals surface area contributed by atoms with Gasteiger partial charge in [0, 0.05) is 0 Å². The van der Waals surface area contributed by atoms with Crippen LogP contribution < -0.4 is 0 Å². The summed E-state index contributed by atoms with van der Waals surface area (Å²) < 4.78 is 0. The molecule has 0 spiro atoms. The van der Waals surface area contributed by atoms with Gasteiger partial charge in [0.25, 0.3) is 0 Å². The Balaban J connectivity index is 4.14. The molecule has 0 saturated carbocycles. The van der Waals surface area contributed by atoms with Crippen molar-refractivity contribution in [1.82, 2.24) is 0 Å². The third-order valence-electron chi connectivity index (χ3n) is 3.67. The fraction of sp³-hybridized carbons (Fsp3) is 0.600. The summed E-state index contributed by atoms with van der Waals surface area (Å²) in [4.78, 5) is 0. The molecule has 0 radical (unpaired) electrons. The van der Waals surface area contributed by atoms with E-state index in [0.717, 1.165) is 24.8 Å². The van der Waals surface area contributed by atoms with Gasteiger partial charge in [0.05, 0.1) is 11.7 Å². The molecular formula is C20H34O2. The Morgan fingerprint density at radius 2 is 1.68 bits per heavy atom. The summed E-state index contributed by atoms with van der Waals surface area (Å²) in [6.07, 6.45) is 11.8. The molecule has 0 aromatic heterocycles. The highest BCUT2D eigenvalue weighted by Gasteiger charge is 2.13. The normalized spacial score (nSPS) is 16.9. The Hall–Kier alpha value is -1.12. The summed E-state index contributed by atoms with van der Waals surface area (Å²) in [6.45, 7) is 13.6. The van der Waals surface area contributed by atoms with Crippen molar-refractivity contribution in [3.8, 4) is 0 Å². The molecule has 22 heavy (non-hydrogen) atoms. The topological polar surface area (TPSA) is 40.5 Å². The molecule has 2 atom stereocenters. The molecule has 0 aliphatic rings. The fourth-order valence-electron chi connectivity index (χ4n) is 2.22. The van der Waals surface area contributed by atoms with E-state index in [9.17, 15) is 10.2 Å². The van der Waals surface area contributed by atoms with Crippen LogP contribution in [0, 0.1) is 0 Å². The molecule has 2 nitrogen and oxygen atoms in total. The highest BCUT2D eigenvalue weighted by Crippen LogP contribution is 2.16. The number of rotatable bonds is 10. The van der Waals surface area contributed by atoms with Crippen LogP contribution in [-0.4, -0.2) is 21.9 Å². The molecule has 0 bridgehead atoms. The third kappa shape index (κ3) is 11.5. The number of aliphatic hydroxyl groups is 2. The SMILES string of the molecule is C=CC(C)(O)CCC=C(C)CCC=C(C)CC(O)C=C(C)C. The van der Waals surface area contributed by atoms with E-state index in [2.05, 4.69) is 32.6 Å².